The van der Waals surface area contributed by atoms with Gasteiger partial charge in [-0.3, -0.25) is 11.3 Å². The van der Waals surface area contributed by atoms with Crippen LogP contribution in [-0.4, -0.2) is 26.9 Å². The zero-order chi connectivity index (χ0) is 13.5. The highest BCUT2D eigenvalue weighted by Gasteiger charge is 2.21. The average Bonchev–Trinajstić information content (AvgIpc) is 2.37. The summed E-state index contributed by atoms with van der Waals surface area (Å²) in [7, 11) is 1.54. The normalized spacial score (nSPS) is 12.7. The van der Waals surface area contributed by atoms with Gasteiger partial charge in [0.15, 0.2) is 0 Å². The van der Waals surface area contributed by atoms with Crippen LogP contribution >= 0.6 is 15.9 Å². The van der Waals surface area contributed by atoms with Crippen LogP contribution in [0, 0.1) is 11.6 Å². The lowest BCUT2D eigenvalue weighted by molar-refractivity contribution is 0.0575. The minimum Gasteiger partial charge on any atom is -0.382 e. The van der Waals surface area contributed by atoms with E-state index in [2.05, 4.69) is 21.4 Å². The number of nitrogens with two attached hydrogens (primary N) is 1. The second kappa shape index (κ2) is 7.75. The fourth-order valence-corrected chi connectivity index (χ4v) is 1.77. The molecule has 0 spiro atoms. The van der Waals surface area contributed by atoms with Crippen molar-refractivity contribution in [1.29, 1.82) is 0 Å². The van der Waals surface area contributed by atoms with E-state index in [-0.39, 0.29) is 16.6 Å². The summed E-state index contributed by atoms with van der Waals surface area (Å²) in [5.41, 5.74) is 2.19. The van der Waals surface area contributed by atoms with Crippen molar-refractivity contribution in [3.8, 4) is 0 Å². The number of ether oxygens (including phenoxy) is 2. The topological polar surface area (TPSA) is 56.5 Å². The molecule has 0 radical (unpaired) electrons. The summed E-state index contributed by atoms with van der Waals surface area (Å²) >= 11 is 3.00. The molecule has 4 nitrogen and oxygen atoms in total. The second-order valence-electron chi connectivity index (χ2n) is 3.54. The van der Waals surface area contributed by atoms with Crippen LogP contribution in [0.25, 0.3) is 0 Å². The molecule has 1 unspecified atom stereocenters. The first-order chi connectivity index (χ1) is 8.61. The minimum absolute atomic E-state index is 0.0458. The zero-order valence-corrected chi connectivity index (χ0v) is 11.5. The Bertz CT molecular complexity index is 394. The Morgan fingerprint density at radius 2 is 2.11 bits per heavy atom. The lowest BCUT2D eigenvalue weighted by atomic mass is 10.1. The molecule has 0 heterocycles. The van der Waals surface area contributed by atoms with Crippen molar-refractivity contribution in [2.24, 2.45) is 5.84 Å². The van der Waals surface area contributed by atoms with Gasteiger partial charge < -0.3 is 9.47 Å². The molecule has 1 aromatic rings. The van der Waals surface area contributed by atoms with Crippen LogP contribution in [0.1, 0.15) is 11.6 Å². The summed E-state index contributed by atoms with van der Waals surface area (Å²) in [6.45, 7) is 0.775. The summed E-state index contributed by atoms with van der Waals surface area (Å²) < 4.78 is 37.6. The zero-order valence-electron chi connectivity index (χ0n) is 9.88. The van der Waals surface area contributed by atoms with Crippen molar-refractivity contribution in [3.63, 3.8) is 0 Å². The van der Waals surface area contributed by atoms with Gasteiger partial charge >= 0.3 is 0 Å². The Morgan fingerprint density at radius 1 is 1.39 bits per heavy atom. The first kappa shape index (κ1) is 15.5. The van der Waals surface area contributed by atoms with E-state index in [1.807, 2.05) is 0 Å². The van der Waals surface area contributed by atoms with E-state index >= 15 is 0 Å². The number of rotatable bonds is 7. The monoisotopic (exact) mass is 324 g/mol. The maximum absolute atomic E-state index is 13.8. The SMILES string of the molecule is COCCOCC(NN)c1c(F)ccc(Br)c1F. The van der Waals surface area contributed by atoms with Gasteiger partial charge in [-0.2, -0.15) is 0 Å². The largest absolute Gasteiger partial charge is 0.382 e. The molecule has 1 atom stereocenters. The molecule has 3 N–H and O–H groups in total. The quantitative estimate of drug-likeness (QED) is 0.348. The molecule has 7 heteroatoms. The number of nitrogens with one attached hydrogen (secondary N) is 1. The van der Waals surface area contributed by atoms with Crippen molar-refractivity contribution < 1.29 is 18.3 Å². The summed E-state index contributed by atoms with van der Waals surface area (Å²) in [6.07, 6.45) is 0. The molecule has 0 aliphatic heterocycles. The van der Waals surface area contributed by atoms with Crippen molar-refractivity contribution in [2.45, 2.75) is 6.04 Å². The Balaban J connectivity index is 2.78. The molecule has 0 amide bonds. The van der Waals surface area contributed by atoms with Gasteiger partial charge in [0.1, 0.15) is 11.6 Å². The third-order valence-electron chi connectivity index (χ3n) is 2.35. The standard InChI is InChI=1S/C11H15BrF2N2O2/c1-17-4-5-18-6-9(16-15)10-8(13)3-2-7(12)11(10)14/h2-3,9,16H,4-6,15H2,1H3. The smallest absolute Gasteiger partial charge is 0.145 e. The van der Waals surface area contributed by atoms with Gasteiger partial charge in [-0.05, 0) is 28.1 Å². The minimum atomic E-state index is -0.764. The number of hydrazine groups is 1. The van der Waals surface area contributed by atoms with E-state index in [4.69, 9.17) is 15.3 Å². The molecule has 0 aromatic heterocycles. The maximum atomic E-state index is 13.8. The van der Waals surface area contributed by atoms with E-state index in [1.54, 1.807) is 0 Å². The fraction of sp³-hybridized carbons (Fsp3) is 0.455. The van der Waals surface area contributed by atoms with Gasteiger partial charge in [0.05, 0.1) is 30.3 Å². The van der Waals surface area contributed by atoms with Crippen LogP contribution in [0.2, 0.25) is 0 Å². The van der Waals surface area contributed by atoms with Gasteiger partial charge in [0.25, 0.3) is 0 Å². The predicted molar refractivity (Wildman–Crippen MR) is 66.8 cm³/mol. The molecule has 102 valence electrons. The molecule has 0 bridgehead atoms. The van der Waals surface area contributed by atoms with E-state index < -0.39 is 17.7 Å². The molecule has 0 aliphatic rings. The molecule has 0 saturated heterocycles. The predicted octanol–water partition coefficient (Wildman–Crippen LogP) is 1.89. The van der Waals surface area contributed by atoms with Gasteiger partial charge in [-0.25, -0.2) is 8.78 Å². The summed E-state index contributed by atoms with van der Waals surface area (Å²) in [5, 5.41) is 0. The Labute approximate surface area is 113 Å². The fourth-order valence-electron chi connectivity index (χ4n) is 1.42. The number of methoxy groups -OCH3 is 1. The van der Waals surface area contributed by atoms with Crippen molar-refractivity contribution >= 4 is 15.9 Å². The number of hydrogen-bond donors (Lipinski definition) is 2. The Kier molecular flexibility index (Phi) is 6.66. The molecule has 18 heavy (non-hydrogen) atoms. The van der Waals surface area contributed by atoms with Crippen LogP contribution in [-0.2, 0) is 9.47 Å². The van der Waals surface area contributed by atoms with Gasteiger partial charge in [0, 0.05) is 12.7 Å². The highest BCUT2D eigenvalue weighted by molar-refractivity contribution is 9.10. The Hall–Kier alpha value is -0.600. The first-order valence-corrected chi connectivity index (χ1v) is 6.07. The first-order valence-electron chi connectivity index (χ1n) is 5.28. The molecular formula is C11H15BrF2N2O2. The van der Waals surface area contributed by atoms with Crippen LogP contribution in [0.3, 0.4) is 0 Å². The molecule has 0 fully saturated rings. The van der Waals surface area contributed by atoms with E-state index in [9.17, 15) is 8.78 Å². The third-order valence-corrected chi connectivity index (χ3v) is 2.96. The van der Waals surface area contributed by atoms with E-state index in [0.29, 0.717) is 13.2 Å². The molecular weight excluding hydrogens is 310 g/mol. The number of halogens is 3. The summed E-state index contributed by atoms with van der Waals surface area (Å²) in [5.74, 6) is 3.94. The van der Waals surface area contributed by atoms with Gasteiger partial charge in [-0.1, -0.05) is 0 Å². The van der Waals surface area contributed by atoms with Crippen molar-refractivity contribution in [3.05, 3.63) is 33.8 Å². The Morgan fingerprint density at radius 3 is 2.72 bits per heavy atom. The van der Waals surface area contributed by atoms with E-state index in [1.165, 1.54) is 19.2 Å². The van der Waals surface area contributed by atoms with E-state index in [0.717, 1.165) is 0 Å². The number of hydrogen-bond acceptors (Lipinski definition) is 4. The maximum Gasteiger partial charge on any atom is 0.145 e. The third kappa shape index (κ3) is 3.96. The molecule has 1 aromatic carbocycles. The summed E-state index contributed by atoms with van der Waals surface area (Å²) in [6, 6.07) is 1.70. The average molecular weight is 325 g/mol. The molecule has 0 aliphatic carbocycles. The van der Waals surface area contributed by atoms with Crippen molar-refractivity contribution in [1.82, 2.24) is 5.43 Å². The highest BCUT2D eigenvalue weighted by atomic mass is 79.9. The van der Waals surface area contributed by atoms with Crippen LogP contribution in [0.4, 0.5) is 8.78 Å². The molecule has 0 saturated carbocycles. The lowest BCUT2D eigenvalue weighted by Crippen LogP contribution is -2.33. The highest BCUT2D eigenvalue weighted by Crippen LogP contribution is 2.26. The van der Waals surface area contributed by atoms with Gasteiger partial charge in [0.2, 0.25) is 0 Å². The van der Waals surface area contributed by atoms with Crippen molar-refractivity contribution in [2.75, 3.05) is 26.9 Å². The van der Waals surface area contributed by atoms with Crippen LogP contribution in [0.5, 0.6) is 0 Å². The lowest BCUT2D eigenvalue weighted by Gasteiger charge is -2.18. The number of benzene rings is 1. The van der Waals surface area contributed by atoms with Gasteiger partial charge in [-0.15, -0.1) is 0 Å². The van der Waals surface area contributed by atoms with Crippen LogP contribution < -0.4 is 11.3 Å². The van der Waals surface area contributed by atoms with Crippen LogP contribution in [0.15, 0.2) is 16.6 Å². The second-order valence-corrected chi connectivity index (χ2v) is 4.40. The summed E-state index contributed by atoms with van der Waals surface area (Å²) in [4.78, 5) is 0. The molecule has 1 rings (SSSR count).